The van der Waals surface area contributed by atoms with Crippen molar-refractivity contribution in [3.63, 3.8) is 0 Å². The van der Waals surface area contributed by atoms with Crippen molar-refractivity contribution >= 4 is 8.32 Å². The van der Waals surface area contributed by atoms with Gasteiger partial charge in [0, 0.05) is 9.11 Å². The second kappa shape index (κ2) is 2.66. The van der Waals surface area contributed by atoms with Crippen LogP contribution in [0.3, 0.4) is 0 Å². The van der Waals surface area contributed by atoms with Gasteiger partial charge in [0.2, 0.25) is 8.32 Å². The summed E-state index contributed by atoms with van der Waals surface area (Å²) in [6, 6.07) is 0. The first-order valence-electron chi connectivity index (χ1n) is 5.14. The molecule has 0 aliphatic carbocycles. The Hall–Kier alpha value is -0.443. The molecule has 0 fully saturated rings. The highest BCUT2D eigenvalue weighted by molar-refractivity contribution is 6.69. The van der Waals surface area contributed by atoms with Crippen molar-refractivity contribution in [3.05, 3.63) is 12.0 Å². The third kappa shape index (κ3) is 2.43. The molecule has 0 aromatic carbocycles. The predicted molar refractivity (Wildman–Crippen MR) is 43.1 cm³/mol. The zero-order chi connectivity index (χ0) is 11.2. The molecule has 0 radical (unpaired) electrons. The third-order valence-electron chi connectivity index (χ3n) is 0.807. The Morgan fingerprint density at radius 1 is 1.70 bits per heavy atom. The lowest BCUT2D eigenvalue weighted by Gasteiger charge is -2.18. The van der Waals surface area contributed by atoms with E-state index in [4.69, 9.17) is 14.6 Å². The molecule has 0 saturated carbocycles. The summed E-state index contributed by atoms with van der Waals surface area (Å²) in [5, 5.41) is 0. The fourth-order valence-electron chi connectivity index (χ4n) is 0.550. The van der Waals surface area contributed by atoms with E-state index in [1.807, 2.05) is 19.6 Å². The van der Waals surface area contributed by atoms with Crippen molar-refractivity contribution in [1.82, 2.24) is 0 Å². The molecule has 1 heterocycles. The highest BCUT2D eigenvalue weighted by atomic mass is 28.4. The van der Waals surface area contributed by atoms with Crippen LogP contribution in [0.4, 0.5) is 0 Å². The summed E-state index contributed by atoms with van der Waals surface area (Å²) in [6.07, 6.45) is -1.06. The van der Waals surface area contributed by atoms with Gasteiger partial charge in [0.15, 0.2) is 0 Å². The topological polar surface area (TPSA) is 18.5 Å². The van der Waals surface area contributed by atoms with Gasteiger partial charge in [-0.3, -0.25) is 0 Å². The smallest absolute Gasteiger partial charge is 0.261 e. The van der Waals surface area contributed by atoms with Crippen molar-refractivity contribution in [2.45, 2.75) is 26.0 Å². The quantitative estimate of drug-likeness (QED) is 0.579. The van der Waals surface area contributed by atoms with E-state index in [1.165, 1.54) is 0 Å². The molecule has 0 aromatic rings. The van der Waals surface area contributed by atoms with Gasteiger partial charge in [-0.1, -0.05) is 0 Å². The standard InChI is InChI=1S/C7H14O2Si/c1-10(2,3)9-7-5-4-6-8-7/h5H,4,6H2,1-3H3/i4D2,6D2. The van der Waals surface area contributed by atoms with Gasteiger partial charge >= 0.3 is 0 Å². The lowest BCUT2D eigenvalue weighted by Crippen LogP contribution is -2.24. The van der Waals surface area contributed by atoms with E-state index in [1.54, 1.807) is 0 Å². The lowest BCUT2D eigenvalue weighted by atomic mass is 10.5. The fourth-order valence-corrected chi connectivity index (χ4v) is 1.25. The van der Waals surface area contributed by atoms with E-state index in [0.29, 0.717) is 0 Å². The Kier molecular flexibility index (Phi) is 1.01. The van der Waals surface area contributed by atoms with Crippen molar-refractivity contribution in [3.8, 4) is 0 Å². The van der Waals surface area contributed by atoms with E-state index < -0.39 is 21.2 Å². The highest BCUT2D eigenvalue weighted by Crippen LogP contribution is 2.16. The van der Waals surface area contributed by atoms with Gasteiger partial charge in [0.1, 0.15) is 0 Å². The maximum Gasteiger partial charge on any atom is 0.261 e. The van der Waals surface area contributed by atoms with Crippen LogP contribution in [0.25, 0.3) is 0 Å². The SMILES string of the molecule is [2H]C1([2H])C=C(O[Si](C)(C)C)OC1([2H])[2H]. The molecule has 0 unspecified atom stereocenters. The summed E-state index contributed by atoms with van der Waals surface area (Å²) < 4.78 is 39.4. The molecule has 58 valence electrons. The van der Waals surface area contributed by atoms with Gasteiger partial charge in [-0.05, 0) is 25.7 Å². The molecule has 0 spiro atoms. The van der Waals surface area contributed by atoms with Crippen molar-refractivity contribution in [2.24, 2.45) is 0 Å². The molecule has 0 N–H and O–H groups in total. The first-order chi connectivity index (χ1) is 6.04. The second-order valence-electron chi connectivity index (χ2n) is 3.03. The Morgan fingerprint density at radius 2 is 2.40 bits per heavy atom. The normalized spacial score (nSPS) is 34.1. The number of ether oxygens (including phenoxy) is 1. The summed E-state index contributed by atoms with van der Waals surface area (Å²) in [7, 11) is -1.87. The molecule has 1 aliphatic heterocycles. The van der Waals surface area contributed by atoms with Gasteiger partial charge in [-0.15, -0.1) is 0 Å². The third-order valence-corrected chi connectivity index (χ3v) is 1.62. The van der Waals surface area contributed by atoms with Crippen LogP contribution in [0.15, 0.2) is 12.0 Å². The van der Waals surface area contributed by atoms with Crippen LogP contribution in [0.5, 0.6) is 0 Å². The van der Waals surface area contributed by atoms with Crippen LogP contribution in [-0.2, 0) is 9.16 Å². The van der Waals surface area contributed by atoms with Crippen molar-refractivity contribution in [2.75, 3.05) is 6.56 Å². The molecular formula is C7H14O2Si. The van der Waals surface area contributed by atoms with Crippen LogP contribution in [0, 0.1) is 0 Å². The van der Waals surface area contributed by atoms with Crippen molar-refractivity contribution in [1.29, 1.82) is 0 Å². The van der Waals surface area contributed by atoms with E-state index in [0.717, 1.165) is 6.08 Å². The first-order valence-corrected chi connectivity index (χ1v) is 6.55. The number of rotatable bonds is 2. The summed E-state index contributed by atoms with van der Waals surface area (Å²) in [6.45, 7) is 3.42. The second-order valence-corrected chi connectivity index (χ2v) is 7.46. The molecule has 2 nitrogen and oxygen atoms in total. The molecule has 1 rings (SSSR count). The average Bonchev–Trinajstić information content (AvgIpc) is 1.94. The van der Waals surface area contributed by atoms with Gasteiger partial charge in [-0.25, -0.2) is 0 Å². The van der Waals surface area contributed by atoms with Gasteiger partial charge in [0.05, 0.1) is 9.30 Å². The zero-order valence-electron chi connectivity index (χ0n) is 10.4. The van der Waals surface area contributed by atoms with Crippen LogP contribution < -0.4 is 0 Å². The van der Waals surface area contributed by atoms with Crippen LogP contribution in [0.1, 0.15) is 11.9 Å². The monoisotopic (exact) mass is 162 g/mol. The fraction of sp³-hybridized carbons (Fsp3) is 0.714. The average molecular weight is 162 g/mol. The summed E-state index contributed by atoms with van der Waals surface area (Å²) in [5.41, 5.74) is 0. The highest BCUT2D eigenvalue weighted by Gasteiger charge is 2.19. The summed E-state index contributed by atoms with van der Waals surface area (Å²) in [4.78, 5) is 0. The number of hydrogen-bond donors (Lipinski definition) is 0. The summed E-state index contributed by atoms with van der Waals surface area (Å²) in [5.74, 6) is -0.0285. The van der Waals surface area contributed by atoms with Crippen LogP contribution >= 0.6 is 0 Å². The van der Waals surface area contributed by atoms with Crippen molar-refractivity contribution < 1.29 is 14.6 Å². The van der Waals surface area contributed by atoms with Crippen LogP contribution in [-0.4, -0.2) is 14.9 Å². The molecule has 3 heteroatoms. The minimum Gasteiger partial charge on any atom is -0.520 e. The molecule has 0 saturated heterocycles. The molecule has 0 amide bonds. The number of hydrogen-bond acceptors (Lipinski definition) is 2. The minimum absolute atomic E-state index is 0.0285. The van der Waals surface area contributed by atoms with E-state index in [2.05, 4.69) is 0 Å². The lowest BCUT2D eigenvalue weighted by molar-refractivity contribution is 0.128. The Morgan fingerprint density at radius 3 is 2.80 bits per heavy atom. The van der Waals surface area contributed by atoms with E-state index >= 15 is 0 Å². The predicted octanol–water partition coefficient (Wildman–Crippen LogP) is 2.10. The summed E-state index contributed by atoms with van der Waals surface area (Å²) >= 11 is 0. The molecule has 0 bridgehead atoms. The zero-order valence-corrected chi connectivity index (χ0v) is 7.39. The molecule has 0 atom stereocenters. The van der Waals surface area contributed by atoms with Gasteiger partial charge in [0.25, 0.3) is 5.95 Å². The minimum atomic E-state index is -2.33. The maximum atomic E-state index is 7.35. The van der Waals surface area contributed by atoms with E-state index in [-0.39, 0.29) is 5.95 Å². The molecule has 0 aromatic heterocycles. The largest absolute Gasteiger partial charge is 0.520 e. The van der Waals surface area contributed by atoms with E-state index in [9.17, 15) is 0 Å². The maximum absolute atomic E-state index is 7.35. The van der Waals surface area contributed by atoms with Crippen LogP contribution in [0.2, 0.25) is 19.6 Å². The molecule has 10 heavy (non-hydrogen) atoms. The van der Waals surface area contributed by atoms with Gasteiger partial charge in [-0.2, -0.15) is 0 Å². The Bertz CT molecular complexity index is 269. The molecule has 1 aliphatic rings. The molecular weight excluding hydrogens is 144 g/mol. The van der Waals surface area contributed by atoms with Gasteiger partial charge < -0.3 is 9.16 Å². The Balaban J connectivity index is 2.79. The Labute approximate surface area is 68.6 Å². The first kappa shape index (κ1) is 3.81.